The molecule has 0 spiro atoms. The maximum atomic E-state index is 12.2. The molecule has 104 valence electrons. The molecule has 2 aromatic rings. The third-order valence-electron chi connectivity index (χ3n) is 3.89. The Labute approximate surface area is 122 Å². The molecule has 0 bridgehead atoms. The van der Waals surface area contributed by atoms with Crippen LogP contribution in [0.2, 0.25) is 5.15 Å². The summed E-state index contributed by atoms with van der Waals surface area (Å²) in [6, 6.07) is 9.03. The highest BCUT2D eigenvalue weighted by molar-refractivity contribution is 6.30. The summed E-state index contributed by atoms with van der Waals surface area (Å²) in [5.74, 6) is 0.422. The first-order valence-corrected chi connectivity index (χ1v) is 7.34. The van der Waals surface area contributed by atoms with Crippen molar-refractivity contribution in [3.63, 3.8) is 0 Å². The molecule has 0 unspecified atom stereocenters. The monoisotopic (exact) mass is 289 g/mol. The number of hydrogen-bond acceptors (Lipinski definition) is 3. The number of carbonyl (C=O) groups excluding carboxylic acids is 1. The standard InChI is InChI=1S/C16H16ClNO2/c17-15-10-13(12-6-1-2-7-14(12)18-15)16(19)20-9-8-11-4-3-5-11/h1-2,6-7,10-11H,3-5,8-9H2. The van der Waals surface area contributed by atoms with Crippen LogP contribution in [-0.4, -0.2) is 17.6 Å². The summed E-state index contributed by atoms with van der Waals surface area (Å²) in [5.41, 5.74) is 1.21. The molecule has 0 radical (unpaired) electrons. The maximum Gasteiger partial charge on any atom is 0.338 e. The average molecular weight is 290 g/mol. The van der Waals surface area contributed by atoms with E-state index >= 15 is 0 Å². The Bertz CT molecular complexity index is 637. The zero-order chi connectivity index (χ0) is 13.9. The number of esters is 1. The number of nitrogens with zero attached hydrogens (tertiary/aromatic N) is 1. The molecule has 0 saturated heterocycles. The van der Waals surface area contributed by atoms with E-state index in [1.54, 1.807) is 6.07 Å². The lowest BCUT2D eigenvalue weighted by Gasteiger charge is -2.24. The van der Waals surface area contributed by atoms with Gasteiger partial charge in [-0.05, 0) is 24.5 Å². The molecule has 0 atom stereocenters. The van der Waals surface area contributed by atoms with Crippen molar-refractivity contribution in [1.29, 1.82) is 0 Å². The Morgan fingerprint density at radius 1 is 1.35 bits per heavy atom. The first-order chi connectivity index (χ1) is 9.74. The van der Waals surface area contributed by atoms with Gasteiger partial charge in [-0.15, -0.1) is 0 Å². The fourth-order valence-corrected chi connectivity index (χ4v) is 2.69. The van der Waals surface area contributed by atoms with E-state index in [2.05, 4.69) is 4.98 Å². The Kier molecular flexibility index (Phi) is 3.88. The normalized spacial score (nSPS) is 15.1. The smallest absolute Gasteiger partial charge is 0.338 e. The van der Waals surface area contributed by atoms with Crippen molar-refractivity contribution in [2.24, 2.45) is 5.92 Å². The van der Waals surface area contributed by atoms with E-state index in [4.69, 9.17) is 16.3 Å². The molecule has 1 aliphatic carbocycles. The largest absolute Gasteiger partial charge is 0.462 e. The molecule has 20 heavy (non-hydrogen) atoms. The van der Waals surface area contributed by atoms with Crippen LogP contribution in [0.15, 0.2) is 30.3 Å². The van der Waals surface area contributed by atoms with Crippen molar-refractivity contribution >= 4 is 28.5 Å². The number of fused-ring (bicyclic) bond motifs is 1. The Morgan fingerprint density at radius 2 is 2.15 bits per heavy atom. The predicted octanol–water partition coefficient (Wildman–Crippen LogP) is 4.24. The van der Waals surface area contributed by atoms with Gasteiger partial charge in [-0.25, -0.2) is 9.78 Å². The molecule has 1 aromatic heterocycles. The number of aromatic nitrogens is 1. The lowest BCUT2D eigenvalue weighted by Crippen LogP contribution is -2.15. The van der Waals surface area contributed by atoms with Crippen LogP contribution in [0.5, 0.6) is 0 Å². The minimum Gasteiger partial charge on any atom is -0.462 e. The molecular formula is C16H16ClNO2. The van der Waals surface area contributed by atoms with E-state index in [9.17, 15) is 4.79 Å². The molecule has 1 aromatic carbocycles. The van der Waals surface area contributed by atoms with Gasteiger partial charge in [0.25, 0.3) is 0 Å². The van der Waals surface area contributed by atoms with Crippen LogP contribution in [0.3, 0.4) is 0 Å². The number of carbonyl (C=O) groups is 1. The van der Waals surface area contributed by atoms with Crippen molar-refractivity contribution in [3.05, 3.63) is 41.0 Å². The second-order valence-electron chi connectivity index (χ2n) is 5.23. The van der Waals surface area contributed by atoms with Gasteiger partial charge in [0.2, 0.25) is 0 Å². The summed E-state index contributed by atoms with van der Waals surface area (Å²) in [7, 11) is 0. The lowest BCUT2D eigenvalue weighted by molar-refractivity contribution is 0.0466. The minimum atomic E-state index is -0.315. The van der Waals surface area contributed by atoms with Crippen molar-refractivity contribution < 1.29 is 9.53 Å². The van der Waals surface area contributed by atoms with E-state index in [1.807, 2.05) is 24.3 Å². The third-order valence-corrected chi connectivity index (χ3v) is 4.08. The number of benzene rings is 1. The molecule has 4 heteroatoms. The van der Waals surface area contributed by atoms with Gasteiger partial charge in [-0.2, -0.15) is 0 Å². The molecule has 3 nitrogen and oxygen atoms in total. The van der Waals surface area contributed by atoms with Crippen molar-refractivity contribution in [2.75, 3.05) is 6.61 Å². The molecular weight excluding hydrogens is 274 g/mol. The number of ether oxygens (including phenoxy) is 1. The number of pyridine rings is 1. The molecule has 1 aliphatic rings. The zero-order valence-electron chi connectivity index (χ0n) is 11.1. The van der Waals surface area contributed by atoms with Crippen LogP contribution in [0.25, 0.3) is 10.9 Å². The number of hydrogen-bond donors (Lipinski definition) is 0. The highest BCUT2D eigenvalue weighted by atomic mass is 35.5. The van der Waals surface area contributed by atoms with Gasteiger partial charge in [0.05, 0.1) is 17.7 Å². The van der Waals surface area contributed by atoms with Crippen molar-refractivity contribution in [2.45, 2.75) is 25.7 Å². The molecule has 0 aliphatic heterocycles. The number of halogens is 1. The first kappa shape index (κ1) is 13.4. The SMILES string of the molecule is O=C(OCCC1CCC1)c1cc(Cl)nc2ccccc12. The van der Waals surface area contributed by atoms with Crippen LogP contribution < -0.4 is 0 Å². The van der Waals surface area contributed by atoms with Gasteiger partial charge in [0, 0.05) is 5.39 Å². The fraction of sp³-hybridized carbons (Fsp3) is 0.375. The van der Waals surface area contributed by atoms with Crippen LogP contribution in [0.1, 0.15) is 36.0 Å². The zero-order valence-corrected chi connectivity index (χ0v) is 11.9. The van der Waals surface area contributed by atoms with Gasteiger partial charge in [-0.1, -0.05) is 49.1 Å². The summed E-state index contributed by atoms with van der Waals surface area (Å²) >= 11 is 5.97. The second kappa shape index (κ2) is 5.80. The molecule has 3 rings (SSSR count). The number of rotatable bonds is 4. The Hall–Kier alpha value is -1.61. The van der Waals surface area contributed by atoms with E-state index in [0.717, 1.165) is 17.7 Å². The van der Waals surface area contributed by atoms with Crippen LogP contribution in [-0.2, 0) is 4.74 Å². The van der Waals surface area contributed by atoms with Gasteiger partial charge < -0.3 is 4.74 Å². The average Bonchev–Trinajstić information content (AvgIpc) is 2.40. The van der Waals surface area contributed by atoms with E-state index < -0.39 is 0 Å². The van der Waals surface area contributed by atoms with Gasteiger partial charge in [-0.3, -0.25) is 0 Å². The topological polar surface area (TPSA) is 39.2 Å². The van der Waals surface area contributed by atoms with Gasteiger partial charge in [0.1, 0.15) is 5.15 Å². The summed E-state index contributed by atoms with van der Waals surface area (Å²) in [4.78, 5) is 16.4. The number of para-hydroxylation sites is 1. The van der Waals surface area contributed by atoms with Crippen molar-refractivity contribution in [3.8, 4) is 0 Å². The van der Waals surface area contributed by atoms with Gasteiger partial charge >= 0.3 is 5.97 Å². The summed E-state index contributed by atoms with van der Waals surface area (Å²) in [6.45, 7) is 0.484. The lowest BCUT2D eigenvalue weighted by atomic mass is 9.83. The quantitative estimate of drug-likeness (QED) is 0.624. The van der Waals surface area contributed by atoms with Crippen LogP contribution in [0.4, 0.5) is 0 Å². The highest BCUT2D eigenvalue weighted by Crippen LogP contribution is 2.29. The van der Waals surface area contributed by atoms with E-state index in [1.165, 1.54) is 19.3 Å². The minimum absolute atomic E-state index is 0.314. The summed E-state index contributed by atoms with van der Waals surface area (Å²) in [5, 5.41) is 1.10. The molecule has 1 fully saturated rings. The highest BCUT2D eigenvalue weighted by Gasteiger charge is 2.18. The van der Waals surface area contributed by atoms with Crippen LogP contribution in [0, 0.1) is 5.92 Å². The third kappa shape index (κ3) is 2.78. The predicted molar refractivity (Wildman–Crippen MR) is 79.0 cm³/mol. The van der Waals surface area contributed by atoms with Crippen molar-refractivity contribution in [1.82, 2.24) is 4.98 Å². The molecule has 1 heterocycles. The second-order valence-corrected chi connectivity index (χ2v) is 5.62. The summed E-state index contributed by atoms with van der Waals surface area (Å²) < 4.78 is 5.37. The molecule has 1 saturated carbocycles. The van der Waals surface area contributed by atoms with Crippen LogP contribution >= 0.6 is 11.6 Å². The Morgan fingerprint density at radius 3 is 2.90 bits per heavy atom. The maximum absolute atomic E-state index is 12.2. The fourth-order valence-electron chi connectivity index (χ4n) is 2.49. The van der Waals surface area contributed by atoms with Gasteiger partial charge in [0.15, 0.2) is 0 Å². The first-order valence-electron chi connectivity index (χ1n) is 6.96. The molecule has 0 N–H and O–H groups in total. The summed E-state index contributed by atoms with van der Waals surface area (Å²) in [6.07, 6.45) is 4.80. The Balaban J connectivity index is 1.76. The van der Waals surface area contributed by atoms with E-state index in [-0.39, 0.29) is 5.97 Å². The van der Waals surface area contributed by atoms with E-state index in [0.29, 0.717) is 22.8 Å². The molecule has 0 amide bonds.